The Kier molecular flexibility index (Phi) is 9.24. The molecule has 4 atom stereocenters. The molecule has 4 aromatic carbocycles. The van der Waals surface area contributed by atoms with Gasteiger partial charge in [0, 0.05) is 13.1 Å². The molecule has 4 heterocycles. The summed E-state index contributed by atoms with van der Waals surface area (Å²) in [6, 6.07) is 34.2. The number of nitrogens with two attached hydrogens (primary N) is 2. The highest BCUT2D eigenvalue weighted by Crippen LogP contribution is 2.36. The maximum Gasteiger partial charge on any atom is 0.244 e. The first-order valence-electron chi connectivity index (χ1n) is 18.0. The molecule has 0 radical (unpaired) electrons. The molecule has 2 fully saturated rings. The SMILES string of the molecule is N[C@H](C(=O)N1CCC[C@H]1c1ncc(-c2ccc(-c3ccc(-c4cnc(C5CCCN5C(=O)[C@H](N)c5ccccc5)[nH]4)cc3)cc2)[nH]1)c1ccccc1. The molecule has 2 saturated heterocycles. The van der Waals surface area contributed by atoms with E-state index in [1.54, 1.807) is 0 Å². The number of carbonyl (C=O) groups is 2. The molecule has 2 aliphatic rings. The molecule has 0 saturated carbocycles. The third-order valence-electron chi connectivity index (χ3n) is 10.5. The van der Waals surface area contributed by atoms with E-state index >= 15 is 0 Å². The maximum absolute atomic E-state index is 13.4. The fourth-order valence-corrected chi connectivity index (χ4v) is 7.58. The third-order valence-corrected chi connectivity index (χ3v) is 10.5. The zero-order chi connectivity index (χ0) is 35.6. The van der Waals surface area contributed by atoms with E-state index in [-0.39, 0.29) is 23.9 Å². The van der Waals surface area contributed by atoms with Gasteiger partial charge in [-0.1, -0.05) is 109 Å². The molecular formula is C42H42N8O2. The Hall–Kier alpha value is -5.84. The molecule has 6 N–H and O–H groups in total. The van der Waals surface area contributed by atoms with Gasteiger partial charge in [0.1, 0.15) is 23.7 Å². The van der Waals surface area contributed by atoms with Crippen LogP contribution in [0.1, 0.15) is 72.6 Å². The number of carbonyl (C=O) groups excluding carboxylic acids is 2. The first-order valence-corrected chi connectivity index (χ1v) is 18.0. The molecular weight excluding hydrogens is 649 g/mol. The summed E-state index contributed by atoms with van der Waals surface area (Å²) in [5, 5.41) is 0. The van der Waals surface area contributed by atoms with Crippen LogP contribution in [0.2, 0.25) is 0 Å². The third kappa shape index (κ3) is 6.54. The summed E-state index contributed by atoms with van der Waals surface area (Å²) < 4.78 is 0. The number of likely N-dealkylation sites (tertiary alicyclic amines) is 2. The summed E-state index contributed by atoms with van der Waals surface area (Å²) >= 11 is 0. The van der Waals surface area contributed by atoms with E-state index < -0.39 is 12.1 Å². The molecule has 0 spiro atoms. The summed E-state index contributed by atoms with van der Waals surface area (Å²) in [4.78, 5) is 46.8. The summed E-state index contributed by atoms with van der Waals surface area (Å²) in [7, 11) is 0. The second-order valence-corrected chi connectivity index (χ2v) is 13.7. The average molecular weight is 691 g/mol. The van der Waals surface area contributed by atoms with Crippen molar-refractivity contribution in [3.8, 4) is 33.6 Å². The topological polar surface area (TPSA) is 150 Å². The Morgan fingerprint density at radius 3 is 1.31 bits per heavy atom. The van der Waals surface area contributed by atoms with Crippen molar-refractivity contribution >= 4 is 11.8 Å². The van der Waals surface area contributed by atoms with Gasteiger partial charge in [-0.3, -0.25) is 9.59 Å². The number of amides is 2. The number of imidazole rings is 2. The van der Waals surface area contributed by atoms with Crippen LogP contribution in [0.3, 0.4) is 0 Å². The van der Waals surface area contributed by atoms with Crippen LogP contribution in [-0.2, 0) is 9.59 Å². The fraction of sp³-hybridized carbons (Fsp3) is 0.238. The van der Waals surface area contributed by atoms with Gasteiger partial charge in [-0.05, 0) is 59.1 Å². The van der Waals surface area contributed by atoms with Gasteiger partial charge >= 0.3 is 0 Å². The van der Waals surface area contributed by atoms with Crippen LogP contribution >= 0.6 is 0 Å². The largest absolute Gasteiger partial charge is 0.340 e. The van der Waals surface area contributed by atoms with E-state index in [9.17, 15) is 9.59 Å². The van der Waals surface area contributed by atoms with E-state index in [1.165, 1.54) is 0 Å². The van der Waals surface area contributed by atoms with Gasteiger partial charge in [0.05, 0.1) is 35.9 Å². The number of rotatable bonds is 9. The number of aromatic nitrogens is 4. The minimum absolute atomic E-state index is 0.0772. The quantitative estimate of drug-likeness (QED) is 0.130. The standard InChI is InChI=1S/C42H42N8O2/c43-37(31-9-3-1-4-10-31)41(51)49-23-7-13-35(49)39-45-25-33(47-39)29-19-15-27(16-20-29)28-17-21-30(22-18-28)34-26-46-40(48-34)36-14-8-24-50(36)42(52)38(44)32-11-5-2-6-12-32/h1-6,9-12,15-22,25-26,35-38H,7-8,13-14,23-24,43-44H2,(H,45,47)(H,46,48)/t35-,36?,37-,38+/m0/s1. The number of aromatic amines is 2. The molecule has 2 aliphatic heterocycles. The van der Waals surface area contributed by atoms with Crippen LogP contribution in [0.5, 0.6) is 0 Å². The highest BCUT2D eigenvalue weighted by molar-refractivity contribution is 5.84. The van der Waals surface area contributed by atoms with E-state index in [2.05, 4.69) is 58.5 Å². The molecule has 52 heavy (non-hydrogen) atoms. The molecule has 10 nitrogen and oxygen atoms in total. The van der Waals surface area contributed by atoms with Crippen molar-refractivity contribution in [2.24, 2.45) is 11.5 Å². The number of nitrogens with one attached hydrogen (secondary N) is 2. The summed E-state index contributed by atoms with van der Waals surface area (Å²) in [6.45, 7) is 1.33. The van der Waals surface area contributed by atoms with Crippen molar-refractivity contribution in [2.75, 3.05) is 13.1 Å². The molecule has 10 heteroatoms. The second-order valence-electron chi connectivity index (χ2n) is 13.7. The van der Waals surface area contributed by atoms with Crippen molar-refractivity contribution in [3.05, 3.63) is 144 Å². The zero-order valence-corrected chi connectivity index (χ0v) is 28.9. The highest BCUT2D eigenvalue weighted by Gasteiger charge is 2.36. The van der Waals surface area contributed by atoms with Crippen molar-refractivity contribution in [1.82, 2.24) is 29.7 Å². The van der Waals surface area contributed by atoms with Gasteiger partial charge in [-0.15, -0.1) is 0 Å². The van der Waals surface area contributed by atoms with Crippen LogP contribution in [0.15, 0.2) is 122 Å². The molecule has 2 amide bonds. The predicted molar refractivity (Wildman–Crippen MR) is 201 cm³/mol. The normalized spacial score (nSPS) is 18.4. The average Bonchev–Trinajstić information content (AvgIpc) is 4.04. The van der Waals surface area contributed by atoms with Crippen molar-refractivity contribution < 1.29 is 9.59 Å². The smallest absolute Gasteiger partial charge is 0.244 e. The Morgan fingerprint density at radius 1 is 0.558 bits per heavy atom. The van der Waals surface area contributed by atoms with Crippen LogP contribution in [-0.4, -0.2) is 54.6 Å². The first kappa shape index (κ1) is 33.3. The minimum atomic E-state index is -0.695. The minimum Gasteiger partial charge on any atom is -0.340 e. The lowest BCUT2D eigenvalue weighted by Gasteiger charge is -2.26. The monoisotopic (exact) mass is 690 g/mol. The van der Waals surface area contributed by atoms with Crippen LogP contribution in [0.4, 0.5) is 0 Å². The lowest BCUT2D eigenvalue weighted by Crippen LogP contribution is -2.38. The van der Waals surface area contributed by atoms with Gasteiger partial charge in [-0.2, -0.15) is 0 Å². The summed E-state index contributed by atoms with van der Waals surface area (Å²) in [6.07, 6.45) is 7.19. The highest BCUT2D eigenvalue weighted by atomic mass is 16.2. The number of hydrogen-bond donors (Lipinski definition) is 4. The van der Waals surface area contributed by atoms with Gasteiger partial charge < -0.3 is 31.2 Å². The number of benzene rings is 4. The van der Waals surface area contributed by atoms with Gasteiger partial charge in [0.25, 0.3) is 0 Å². The number of H-pyrrole nitrogens is 2. The Bertz CT molecular complexity index is 1990. The number of hydrogen-bond acceptors (Lipinski definition) is 6. The van der Waals surface area contributed by atoms with E-state index in [0.717, 1.165) is 82.1 Å². The molecule has 1 unspecified atom stereocenters. The fourth-order valence-electron chi connectivity index (χ4n) is 7.58. The van der Waals surface area contributed by atoms with Crippen LogP contribution in [0, 0.1) is 0 Å². The van der Waals surface area contributed by atoms with Gasteiger partial charge in [-0.25, -0.2) is 9.97 Å². The van der Waals surface area contributed by atoms with Gasteiger partial charge in [0.15, 0.2) is 0 Å². The number of nitrogens with zero attached hydrogens (tertiary/aromatic N) is 4. The van der Waals surface area contributed by atoms with Gasteiger partial charge in [0.2, 0.25) is 11.8 Å². The predicted octanol–water partition coefficient (Wildman–Crippen LogP) is 6.86. The molecule has 2 aromatic heterocycles. The molecule has 6 aromatic rings. The van der Waals surface area contributed by atoms with Crippen LogP contribution in [0.25, 0.3) is 33.6 Å². The maximum atomic E-state index is 13.4. The lowest BCUT2D eigenvalue weighted by atomic mass is 10.0. The molecule has 262 valence electrons. The van der Waals surface area contributed by atoms with Crippen molar-refractivity contribution in [3.63, 3.8) is 0 Å². The Morgan fingerprint density at radius 2 is 0.923 bits per heavy atom. The summed E-state index contributed by atoms with van der Waals surface area (Å²) in [5.74, 6) is 1.41. The van der Waals surface area contributed by atoms with E-state index in [4.69, 9.17) is 21.4 Å². The Balaban J connectivity index is 0.920. The first-order chi connectivity index (χ1) is 25.4. The zero-order valence-electron chi connectivity index (χ0n) is 28.9. The summed E-state index contributed by atoms with van der Waals surface area (Å²) in [5.41, 5.74) is 20.4. The molecule has 0 bridgehead atoms. The van der Waals surface area contributed by atoms with E-state index in [1.807, 2.05) is 82.9 Å². The van der Waals surface area contributed by atoms with E-state index in [0.29, 0.717) is 13.1 Å². The Labute approximate surface area is 302 Å². The molecule has 0 aliphatic carbocycles. The van der Waals surface area contributed by atoms with Crippen molar-refractivity contribution in [1.29, 1.82) is 0 Å². The lowest BCUT2D eigenvalue weighted by molar-refractivity contribution is -0.134. The van der Waals surface area contributed by atoms with Crippen molar-refractivity contribution in [2.45, 2.75) is 49.9 Å². The molecule has 8 rings (SSSR count). The second kappa shape index (κ2) is 14.4. The van der Waals surface area contributed by atoms with Crippen LogP contribution < -0.4 is 11.5 Å².